The number of ether oxygens (including phenoxy) is 2. The van der Waals surface area contributed by atoms with Crippen molar-refractivity contribution in [3.63, 3.8) is 0 Å². The topological polar surface area (TPSA) is 44.5 Å². The van der Waals surface area contributed by atoms with Crippen LogP contribution in [-0.2, 0) is 9.47 Å². The zero-order chi connectivity index (χ0) is 10.2. The van der Waals surface area contributed by atoms with Crippen LogP contribution in [0.1, 0.15) is 26.7 Å². The molecule has 2 fully saturated rings. The third-order valence-electron chi connectivity index (χ3n) is 4.29. The molecule has 0 saturated carbocycles. The monoisotopic (exact) mass is 199 g/mol. The Morgan fingerprint density at radius 2 is 2.14 bits per heavy atom. The van der Waals surface area contributed by atoms with Gasteiger partial charge in [-0.3, -0.25) is 0 Å². The maximum atomic E-state index is 5.99. The number of hydrogen-bond donors (Lipinski definition) is 1. The molecule has 2 atom stereocenters. The zero-order valence-electron chi connectivity index (χ0n) is 9.21. The maximum absolute atomic E-state index is 5.99. The number of nitrogens with two attached hydrogens (primary N) is 1. The van der Waals surface area contributed by atoms with Crippen molar-refractivity contribution in [3.8, 4) is 0 Å². The van der Waals surface area contributed by atoms with E-state index in [2.05, 4.69) is 13.8 Å². The Bertz CT molecular complexity index is 211. The summed E-state index contributed by atoms with van der Waals surface area (Å²) < 4.78 is 11.3. The molecular formula is C11H21NO2. The molecule has 14 heavy (non-hydrogen) atoms. The van der Waals surface area contributed by atoms with Crippen LogP contribution in [0.2, 0.25) is 0 Å². The van der Waals surface area contributed by atoms with Gasteiger partial charge in [0.25, 0.3) is 0 Å². The van der Waals surface area contributed by atoms with Crippen molar-refractivity contribution in [3.05, 3.63) is 0 Å². The van der Waals surface area contributed by atoms with Gasteiger partial charge in [0.15, 0.2) is 0 Å². The Hall–Kier alpha value is -0.120. The molecule has 2 saturated heterocycles. The minimum absolute atomic E-state index is 0.0832. The third-order valence-corrected chi connectivity index (χ3v) is 4.29. The van der Waals surface area contributed by atoms with E-state index in [4.69, 9.17) is 15.2 Å². The number of rotatable bonds is 2. The minimum atomic E-state index is -0.0832. The highest BCUT2D eigenvalue weighted by molar-refractivity contribution is 5.04. The van der Waals surface area contributed by atoms with Crippen molar-refractivity contribution in [1.29, 1.82) is 0 Å². The van der Waals surface area contributed by atoms with Gasteiger partial charge in [0.1, 0.15) is 0 Å². The number of hydrogen-bond acceptors (Lipinski definition) is 3. The molecular weight excluding hydrogens is 178 g/mol. The van der Waals surface area contributed by atoms with Gasteiger partial charge >= 0.3 is 0 Å². The molecule has 2 aliphatic heterocycles. The Labute approximate surface area is 85.9 Å². The summed E-state index contributed by atoms with van der Waals surface area (Å²) in [5.41, 5.74) is 6.05. The van der Waals surface area contributed by atoms with Crippen LogP contribution in [0, 0.1) is 11.3 Å². The molecule has 0 aromatic carbocycles. The van der Waals surface area contributed by atoms with E-state index in [0.717, 1.165) is 32.7 Å². The molecule has 82 valence electrons. The van der Waals surface area contributed by atoms with Crippen LogP contribution in [0.4, 0.5) is 0 Å². The summed E-state index contributed by atoms with van der Waals surface area (Å²) in [4.78, 5) is 0. The lowest BCUT2D eigenvalue weighted by Crippen LogP contribution is -2.50. The molecule has 2 heterocycles. The average Bonchev–Trinajstić information content (AvgIpc) is 2.72. The summed E-state index contributed by atoms with van der Waals surface area (Å²) >= 11 is 0. The standard InChI is InChI=1S/C11H21NO2/c1-10(2)11(8-12,4-6-14-10)9-3-5-13-7-9/h9H,3-8,12H2,1-2H3. The SMILES string of the molecule is CC1(C)OCCC1(CN)C1CCOC1. The Morgan fingerprint density at radius 1 is 1.36 bits per heavy atom. The lowest BCUT2D eigenvalue weighted by atomic mass is 9.64. The molecule has 2 aliphatic rings. The lowest BCUT2D eigenvalue weighted by molar-refractivity contribution is -0.0571. The first-order valence-corrected chi connectivity index (χ1v) is 5.54. The van der Waals surface area contributed by atoms with Crippen LogP contribution in [0.15, 0.2) is 0 Å². The molecule has 0 aliphatic carbocycles. The van der Waals surface area contributed by atoms with Gasteiger partial charge in [-0.15, -0.1) is 0 Å². The van der Waals surface area contributed by atoms with Gasteiger partial charge in [0.05, 0.1) is 12.2 Å². The smallest absolute Gasteiger partial charge is 0.0698 e. The Morgan fingerprint density at radius 3 is 2.57 bits per heavy atom. The van der Waals surface area contributed by atoms with Gasteiger partial charge < -0.3 is 15.2 Å². The molecule has 0 spiro atoms. The van der Waals surface area contributed by atoms with Crippen LogP contribution >= 0.6 is 0 Å². The predicted octanol–water partition coefficient (Wildman–Crippen LogP) is 1.17. The van der Waals surface area contributed by atoms with Crippen LogP contribution in [0.25, 0.3) is 0 Å². The van der Waals surface area contributed by atoms with Crippen LogP contribution in [-0.4, -0.2) is 32.0 Å². The summed E-state index contributed by atoms with van der Waals surface area (Å²) in [6.07, 6.45) is 2.23. The molecule has 0 radical (unpaired) electrons. The highest BCUT2D eigenvalue weighted by Crippen LogP contribution is 2.50. The molecule has 3 heteroatoms. The van der Waals surface area contributed by atoms with Crippen molar-refractivity contribution in [2.75, 3.05) is 26.4 Å². The second-order valence-corrected chi connectivity index (χ2v) is 5.03. The molecule has 2 unspecified atom stereocenters. The van der Waals surface area contributed by atoms with Gasteiger partial charge in [-0.1, -0.05) is 0 Å². The van der Waals surface area contributed by atoms with E-state index in [1.54, 1.807) is 0 Å². The summed E-state index contributed by atoms with van der Waals surface area (Å²) in [5, 5.41) is 0. The highest BCUT2D eigenvalue weighted by atomic mass is 16.5. The minimum Gasteiger partial charge on any atom is -0.381 e. The first-order valence-electron chi connectivity index (χ1n) is 5.54. The maximum Gasteiger partial charge on any atom is 0.0698 e. The van der Waals surface area contributed by atoms with Crippen molar-refractivity contribution < 1.29 is 9.47 Å². The van der Waals surface area contributed by atoms with E-state index in [0.29, 0.717) is 12.5 Å². The normalized spacial score (nSPS) is 41.8. The van der Waals surface area contributed by atoms with Gasteiger partial charge in [0, 0.05) is 25.2 Å². The van der Waals surface area contributed by atoms with E-state index in [1.165, 1.54) is 0 Å². The zero-order valence-corrected chi connectivity index (χ0v) is 9.21. The summed E-state index contributed by atoms with van der Waals surface area (Å²) in [7, 11) is 0. The van der Waals surface area contributed by atoms with Crippen LogP contribution < -0.4 is 5.73 Å². The van der Waals surface area contributed by atoms with Gasteiger partial charge in [-0.2, -0.15) is 0 Å². The molecule has 0 aromatic rings. The highest BCUT2D eigenvalue weighted by Gasteiger charge is 2.54. The Kier molecular flexibility index (Phi) is 2.58. The molecule has 3 nitrogen and oxygen atoms in total. The van der Waals surface area contributed by atoms with Crippen molar-refractivity contribution >= 4 is 0 Å². The van der Waals surface area contributed by atoms with Crippen molar-refractivity contribution in [2.45, 2.75) is 32.3 Å². The fourth-order valence-electron chi connectivity index (χ4n) is 3.11. The third kappa shape index (κ3) is 1.30. The molecule has 0 bridgehead atoms. The van der Waals surface area contributed by atoms with E-state index < -0.39 is 0 Å². The summed E-state index contributed by atoms with van der Waals surface area (Å²) in [5.74, 6) is 0.588. The second-order valence-electron chi connectivity index (χ2n) is 5.03. The summed E-state index contributed by atoms with van der Waals surface area (Å²) in [6.45, 7) is 7.66. The average molecular weight is 199 g/mol. The molecule has 0 amide bonds. The molecule has 2 N–H and O–H groups in total. The van der Waals surface area contributed by atoms with Crippen molar-refractivity contribution in [2.24, 2.45) is 17.1 Å². The second kappa shape index (κ2) is 3.47. The van der Waals surface area contributed by atoms with E-state index in [-0.39, 0.29) is 11.0 Å². The van der Waals surface area contributed by atoms with Crippen molar-refractivity contribution in [1.82, 2.24) is 0 Å². The Balaban J connectivity index is 2.23. The largest absolute Gasteiger partial charge is 0.381 e. The first-order chi connectivity index (χ1) is 6.62. The molecule has 0 aromatic heterocycles. The fraction of sp³-hybridized carbons (Fsp3) is 1.00. The van der Waals surface area contributed by atoms with E-state index in [9.17, 15) is 0 Å². The first kappa shape index (κ1) is 10.4. The van der Waals surface area contributed by atoms with Gasteiger partial charge in [0.2, 0.25) is 0 Å². The molecule has 2 rings (SSSR count). The summed E-state index contributed by atoms with van der Waals surface area (Å²) in [6, 6.07) is 0. The fourth-order valence-corrected chi connectivity index (χ4v) is 3.11. The van der Waals surface area contributed by atoms with Gasteiger partial charge in [-0.25, -0.2) is 0 Å². The quantitative estimate of drug-likeness (QED) is 0.726. The van der Waals surface area contributed by atoms with E-state index >= 15 is 0 Å². The van der Waals surface area contributed by atoms with E-state index in [1.807, 2.05) is 0 Å². The predicted molar refractivity (Wildman–Crippen MR) is 55.1 cm³/mol. The van der Waals surface area contributed by atoms with Crippen LogP contribution in [0.3, 0.4) is 0 Å². The lowest BCUT2D eigenvalue weighted by Gasteiger charge is -2.43. The van der Waals surface area contributed by atoms with Crippen LogP contribution in [0.5, 0.6) is 0 Å². The van der Waals surface area contributed by atoms with Gasteiger partial charge in [-0.05, 0) is 32.6 Å².